The Kier molecular flexibility index (Phi) is 5.72. The van der Waals surface area contributed by atoms with Gasteiger partial charge < -0.3 is 14.6 Å². The van der Waals surface area contributed by atoms with E-state index < -0.39 is 5.91 Å². The van der Waals surface area contributed by atoms with Gasteiger partial charge in [-0.05, 0) is 13.0 Å². The zero-order valence-corrected chi connectivity index (χ0v) is 15.0. The van der Waals surface area contributed by atoms with Gasteiger partial charge in [0.2, 0.25) is 0 Å². The van der Waals surface area contributed by atoms with E-state index in [1.54, 1.807) is 6.07 Å². The van der Waals surface area contributed by atoms with Crippen molar-refractivity contribution in [3.63, 3.8) is 0 Å². The van der Waals surface area contributed by atoms with Gasteiger partial charge in [0.1, 0.15) is 6.54 Å². The van der Waals surface area contributed by atoms with Gasteiger partial charge in [-0.25, -0.2) is 4.68 Å². The van der Waals surface area contributed by atoms with Crippen molar-refractivity contribution in [3.05, 3.63) is 64.0 Å². The third-order valence-electron chi connectivity index (χ3n) is 3.76. The Morgan fingerprint density at radius 1 is 1.22 bits per heavy atom. The summed E-state index contributed by atoms with van der Waals surface area (Å²) in [5.41, 5.74) is 2.37. The standard InChI is InChI=1S/C18H19N5O4/c1-12-3-5-13(6-4-12)14-7-8-16(24)23(21-14)11-15-20-18(27-22-15)17(25)19-9-10-26-2/h3-8H,9-11H2,1-2H3,(H,19,25). The molecule has 0 unspecified atom stereocenters. The van der Waals surface area contributed by atoms with Gasteiger partial charge in [0.15, 0.2) is 5.82 Å². The fourth-order valence-electron chi connectivity index (χ4n) is 2.33. The van der Waals surface area contributed by atoms with Gasteiger partial charge in [-0.1, -0.05) is 35.0 Å². The molecule has 0 saturated carbocycles. The predicted molar refractivity (Wildman–Crippen MR) is 96.3 cm³/mol. The molecular formula is C18H19N5O4. The maximum Gasteiger partial charge on any atom is 0.316 e. The predicted octanol–water partition coefficient (Wildman–Crippen LogP) is 1.03. The minimum atomic E-state index is -0.500. The number of hydrogen-bond donors (Lipinski definition) is 1. The molecule has 0 radical (unpaired) electrons. The summed E-state index contributed by atoms with van der Waals surface area (Å²) >= 11 is 0. The van der Waals surface area contributed by atoms with E-state index in [4.69, 9.17) is 9.26 Å². The Labute approximate surface area is 155 Å². The first-order chi connectivity index (χ1) is 13.1. The van der Waals surface area contributed by atoms with E-state index in [2.05, 4.69) is 20.6 Å². The maximum atomic E-state index is 12.1. The lowest BCUT2D eigenvalue weighted by Gasteiger charge is -2.05. The van der Waals surface area contributed by atoms with Gasteiger partial charge in [0.05, 0.1) is 12.3 Å². The van der Waals surface area contributed by atoms with Crippen molar-refractivity contribution in [3.8, 4) is 11.3 Å². The van der Waals surface area contributed by atoms with Crippen LogP contribution < -0.4 is 10.9 Å². The first-order valence-electron chi connectivity index (χ1n) is 8.32. The summed E-state index contributed by atoms with van der Waals surface area (Å²) in [5, 5.41) is 10.7. The fourth-order valence-corrected chi connectivity index (χ4v) is 2.33. The van der Waals surface area contributed by atoms with Gasteiger partial charge in [-0.3, -0.25) is 9.59 Å². The highest BCUT2D eigenvalue weighted by atomic mass is 16.5. The van der Waals surface area contributed by atoms with Crippen molar-refractivity contribution in [1.29, 1.82) is 0 Å². The van der Waals surface area contributed by atoms with Gasteiger partial charge in [0.25, 0.3) is 5.56 Å². The van der Waals surface area contributed by atoms with Gasteiger partial charge in [0, 0.05) is 25.3 Å². The zero-order chi connectivity index (χ0) is 19.2. The second-order valence-electron chi connectivity index (χ2n) is 5.84. The molecule has 0 aliphatic heterocycles. The molecule has 0 aliphatic rings. The minimum absolute atomic E-state index is 0.00656. The molecule has 1 aromatic carbocycles. The molecule has 140 valence electrons. The Bertz CT molecular complexity index is 978. The van der Waals surface area contributed by atoms with Crippen molar-refractivity contribution in [2.75, 3.05) is 20.3 Å². The number of hydrogen-bond acceptors (Lipinski definition) is 7. The molecule has 9 heteroatoms. The molecule has 2 aromatic heterocycles. The molecule has 9 nitrogen and oxygen atoms in total. The van der Waals surface area contributed by atoms with Crippen LogP contribution in [0.15, 0.2) is 45.7 Å². The van der Waals surface area contributed by atoms with Crippen LogP contribution in [-0.2, 0) is 11.3 Å². The molecule has 0 spiro atoms. The number of nitrogens with one attached hydrogen (secondary N) is 1. The smallest absolute Gasteiger partial charge is 0.316 e. The second kappa shape index (κ2) is 8.37. The number of benzene rings is 1. The van der Waals surface area contributed by atoms with Crippen LogP contribution in [-0.4, -0.2) is 46.1 Å². The Morgan fingerprint density at radius 3 is 2.74 bits per heavy atom. The molecule has 0 saturated heterocycles. The van der Waals surface area contributed by atoms with Crippen LogP contribution in [0.4, 0.5) is 0 Å². The molecular weight excluding hydrogens is 350 g/mol. The van der Waals surface area contributed by atoms with E-state index in [0.29, 0.717) is 18.8 Å². The molecule has 2 heterocycles. The number of carbonyl (C=O) groups is 1. The van der Waals surface area contributed by atoms with E-state index in [1.165, 1.54) is 17.9 Å². The minimum Gasteiger partial charge on any atom is -0.383 e. The number of nitrogens with zero attached hydrogens (tertiary/aromatic N) is 4. The topological polar surface area (TPSA) is 112 Å². The van der Waals surface area contributed by atoms with Crippen molar-refractivity contribution in [1.82, 2.24) is 25.2 Å². The normalized spacial score (nSPS) is 10.7. The number of ether oxygens (including phenoxy) is 1. The van der Waals surface area contributed by atoms with Crippen molar-refractivity contribution >= 4 is 5.91 Å². The SMILES string of the molecule is COCCNC(=O)c1nc(Cn2nc(-c3ccc(C)cc3)ccc2=O)no1. The van der Waals surface area contributed by atoms with Crippen LogP contribution in [0.5, 0.6) is 0 Å². The molecule has 3 aromatic rings. The van der Waals surface area contributed by atoms with Crippen LogP contribution in [0.25, 0.3) is 11.3 Å². The first kappa shape index (κ1) is 18.5. The lowest BCUT2D eigenvalue weighted by Crippen LogP contribution is -2.27. The molecule has 1 amide bonds. The third-order valence-corrected chi connectivity index (χ3v) is 3.76. The van der Waals surface area contributed by atoms with Crippen molar-refractivity contribution in [2.24, 2.45) is 0 Å². The summed E-state index contributed by atoms with van der Waals surface area (Å²) < 4.78 is 11.0. The summed E-state index contributed by atoms with van der Waals surface area (Å²) in [7, 11) is 1.53. The van der Waals surface area contributed by atoms with E-state index >= 15 is 0 Å². The monoisotopic (exact) mass is 369 g/mol. The lowest BCUT2D eigenvalue weighted by atomic mass is 10.1. The van der Waals surface area contributed by atoms with Crippen molar-refractivity contribution in [2.45, 2.75) is 13.5 Å². The number of methoxy groups -OCH3 is 1. The number of aryl methyl sites for hydroxylation is 1. The molecule has 1 N–H and O–H groups in total. The molecule has 27 heavy (non-hydrogen) atoms. The number of aromatic nitrogens is 4. The number of carbonyl (C=O) groups excluding carboxylic acids is 1. The maximum absolute atomic E-state index is 12.1. The van der Waals surface area contributed by atoms with Crippen LogP contribution in [0.2, 0.25) is 0 Å². The second-order valence-corrected chi connectivity index (χ2v) is 5.84. The van der Waals surface area contributed by atoms with E-state index in [1.807, 2.05) is 31.2 Å². The number of amides is 1. The van der Waals surface area contributed by atoms with Gasteiger partial charge in [-0.15, -0.1) is 0 Å². The number of rotatable bonds is 7. The van der Waals surface area contributed by atoms with Gasteiger partial charge >= 0.3 is 11.8 Å². The Hall–Kier alpha value is -3.33. The van der Waals surface area contributed by atoms with Crippen LogP contribution in [0, 0.1) is 6.92 Å². The van der Waals surface area contributed by atoms with Crippen LogP contribution in [0.1, 0.15) is 22.1 Å². The van der Waals surface area contributed by atoms with Gasteiger partial charge in [-0.2, -0.15) is 10.1 Å². The molecule has 0 bridgehead atoms. The quantitative estimate of drug-likeness (QED) is 0.619. The summed E-state index contributed by atoms with van der Waals surface area (Å²) in [5.74, 6) is -0.495. The third kappa shape index (κ3) is 4.64. The van der Waals surface area contributed by atoms with Crippen LogP contribution in [0.3, 0.4) is 0 Å². The molecule has 0 aliphatic carbocycles. The summed E-state index contributed by atoms with van der Waals surface area (Å²) in [6.45, 7) is 2.69. The first-order valence-corrected chi connectivity index (χ1v) is 8.32. The summed E-state index contributed by atoms with van der Waals surface area (Å²) in [4.78, 5) is 28.0. The van der Waals surface area contributed by atoms with Crippen LogP contribution >= 0.6 is 0 Å². The van der Waals surface area contributed by atoms with E-state index in [-0.39, 0.29) is 23.8 Å². The highest BCUT2D eigenvalue weighted by Crippen LogP contribution is 2.15. The average molecular weight is 369 g/mol. The lowest BCUT2D eigenvalue weighted by molar-refractivity contribution is 0.0893. The highest BCUT2D eigenvalue weighted by Gasteiger charge is 2.15. The summed E-state index contributed by atoms with van der Waals surface area (Å²) in [6.07, 6.45) is 0. The van der Waals surface area contributed by atoms with Crippen molar-refractivity contribution < 1.29 is 14.1 Å². The Balaban J connectivity index is 1.76. The van der Waals surface area contributed by atoms with E-state index in [9.17, 15) is 9.59 Å². The zero-order valence-electron chi connectivity index (χ0n) is 15.0. The largest absolute Gasteiger partial charge is 0.383 e. The Morgan fingerprint density at radius 2 is 2.00 bits per heavy atom. The summed E-state index contributed by atoms with van der Waals surface area (Å²) in [6, 6.07) is 10.9. The van der Waals surface area contributed by atoms with E-state index in [0.717, 1.165) is 11.1 Å². The average Bonchev–Trinajstić information content (AvgIpc) is 3.13. The molecule has 0 atom stereocenters. The molecule has 0 fully saturated rings. The highest BCUT2D eigenvalue weighted by molar-refractivity contribution is 5.89. The molecule has 3 rings (SSSR count). The fraction of sp³-hybridized carbons (Fsp3) is 0.278.